The van der Waals surface area contributed by atoms with E-state index in [-0.39, 0.29) is 11.7 Å². The summed E-state index contributed by atoms with van der Waals surface area (Å²) in [5.41, 5.74) is 5.86. The van der Waals surface area contributed by atoms with E-state index in [1.165, 1.54) is 31.1 Å². The van der Waals surface area contributed by atoms with Gasteiger partial charge in [0.05, 0.1) is 11.8 Å². The monoisotopic (exact) mass is 285 g/mol. The van der Waals surface area contributed by atoms with Gasteiger partial charge in [-0.15, -0.1) is 0 Å². The van der Waals surface area contributed by atoms with Crippen molar-refractivity contribution in [1.82, 2.24) is 20.4 Å². The fraction of sp³-hybridized carbons (Fsp3) is 0.0769. The molecule has 0 aromatic carbocycles. The summed E-state index contributed by atoms with van der Waals surface area (Å²) >= 11 is 0. The molecule has 3 heterocycles. The molecule has 0 saturated carbocycles. The zero-order valence-electron chi connectivity index (χ0n) is 10.8. The molecule has 21 heavy (non-hydrogen) atoms. The highest BCUT2D eigenvalue weighted by Crippen LogP contribution is 2.24. The summed E-state index contributed by atoms with van der Waals surface area (Å²) in [6.07, 6.45) is 5.67. The molecular formula is C13H11N5O3. The van der Waals surface area contributed by atoms with Crippen molar-refractivity contribution >= 4 is 11.7 Å². The van der Waals surface area contributed by atoms with Crippen molar-refractivity contribution in [2.45, 2.75) is 6.04 Å². The van der Waals surface area contributed by atoms with Crippen molar-refractivity contribution in [2.24, 2.45) is 0 Å². The Hall–Kier alpha value is -3.16. The number of hydrogen-bond donors (Lipinski definition) is 2. The Kier molecular flexibility index (Phi) is 3.34. The van der Waals surface area contributed by atoms with Crippen molar-refractivity contribution in [3.63, 3.8) is 0 Å². The molecule has 8 nitrogen and oxygen atoms in total. The minimum Gasteiger partial charge on any atom is -0.467 e. The van der Waals surface area contributed by atoms with Gasteiger partial charge in [-0.2, -0.15) is 0 Å². The third-order valence-electron chi connectivity index (χ3n) is 2.76. The van der Waals surface area contributed by atoms with Gasteiger partial charge in [-0.3, -0.25) is 4.79 Å². The Morgan fingerprint density at radius 2 is 2.10 bits per heavy atom. The second kappa shape index (κ2) is 5.45. The Bertz CT molecular complexity index is 723. The van der Waals surface area contributed by atoms with Crippen LogP contribution in [0.15, 0.2) is 52.1 Å². The highest BCUT2D eigenvalue weighted by Gasteiger charge is 2.24. The van der Waals surface area contributed by atoms with Gasteiger partial charge in [0.2, 0.25) is 0 Å². The summed E-state index contributed by atoms with van der Waals surface area (Å²) in [5.74, 6) is 0.717. The van der Waals surface area contributed by atoms with Crippen LogP contribution in [0.5, 0.6) is 0 Å². The lowest BCUT2D eigenvalue weighted by molar-refractivity contribution is 0.0932. The van der Waals surface area contributed by atoms with E-state index in [1.807, 2.05) is 0 Å². The number of hydrogen-bond acceptors (Lipinski definition) is 7. The molecule has 0 fully saturated rings. The standard InChI is InChI=1S/C13H11N5O3/c14-11-4-10(21-18-11)12(9-2-1-3-20-9)17-13(19)8-5-15-7-16-6-8/h1-7,12H,(H2,14,18)(H,17,19). The first-order valence-corrected chi connectivity index (χ1v) is 6.05. The van der Waals surface area contributed by atoms with Gasteiger partial charge in [0.15, 0.2) is 11.6 Å². The number of nitrogens with one attached hydrogen (secondary N) is 1. The number of furan rings is 1. The van der Waals surface area contributed by atoms with Crippen molar-refractivity contribution < 1.29 is 13.7 Å². The number of carbonyl (C=O) groups is 1. The number of anilines is 1. The van der Waals surface area contributed by atoms with E-state index >= 15 is 0 Å². The van der Waals surface area contributed by atoms with Crippen molar-refractivity contribution in [3.8, 4) is 0 Å². The number of aromatic nitrogens is 3. The number of nitrogens with zero attached hydrogens (tertiary/aromatic N) is 3. The molecule has 3 N–H and O–H groups in total. The summed E-state index contributed by atoms with van der Waals surface area (Å²) < 4.78 is 10.4. The van der Waals surface area contributed by atoms with Gasteiger partial charge < -0.3 is 20.0 Å². The molecule has 0 aliphatic rings. The first-order valence-electron chi connectivity index (χ1n) is 6.05. The molecule has 0 aliphatic heterocycles. The minimum absolute atomic E-state index is 0.221. The number of carbonyl (C=O) groups excluding carboxylic acids is 1. The van der Waals surface area contributed by atoms with Crippen molar-refractivity contribution in [2.75, 3.05) is 5.73 Å². The van der Waals surface area contributed by atoms with Crippen LogP contribution >= 0.6 is 0 Å². The van der Waals surface area contributed by atoms with Gasteiger partial charge in [0.1, 0.15) is 18.1 Å². The molecule has 0 aliphatic carbocycles. The Morgan fingerprint density at radius 3 is 2.71 bits per heavy atom. The average Bonchev–Trinajstić information content (AvgIpc) is 3.17. The first kappa shape index (κ1) is 12.9. The summed E-state index contributed by atoms with van der Waals surface area (Å²) in [6, 6.07) is 4.30. The van der Waals surface area contributed by atoms with Gasteiger partial charge >= 0.3 is 0 Å². The molecule has 0 bridgehead atoms. The molecule has 106 valence electrons. The lowest BCUT2D eigenvalue weighted by atomic mass is 10.1. The predicted octanol–water partition coefficient (Wildman–Crippen LogP) is 1.16. The Morgan fingerprint density at radius 1 is 1.29 bits per heavy atom. The molecule has 3 aromatic heterocycles. The molecule has 1 amide bonds. The summed E-state index contributed by atoms with van der Waals surface area (Å²) in [4.78, 5) is 19.8. The van der Waals surface area contributed by atoms with Crippen molar-refractivity contribution in [3.05, 3.63) is 60.3 Å². The fourth-order valence-electron chi connectivity index (χ4n) is 1.81. The molecular weight excluding hydrogens is 274 g/mol. The van der Waals surface area contributed by atoms with Gasteiger partial charge in [0, 0.05) is 18.5 Å². The van der Waals surface area contributed by atoms with E-state index < -0.39 is 6.04 Å². The number of amides is 1. The highest BCUT2D eigenvalue weighted by molar-refractivity contribution is 5.93. The van der Waals surface area contributed by atoms with Crippen LogP contribution in [0.3, 0.4) is 0 Å². The quantitative estimate of drug-likeness (QED) is 0.737. The molecule has 3 aromatic rings. The SMILES string of the molecule is Nc1cc(C(NC(=O)c2cncnc2)c2ccco2)on1. The van der Waals surface area contributed by atoms with Crippen LogP contribution in [-0.4, -0.2) is 21.0 Å². The largest absolute Gasteiger partial charge is 0.467 e. The fourth-order valence-corrected chi connectivity index (χ4v) is 1.81. The average molecular weight is 285 g/mol. The van der Waals surface area contributed by atoms with Gasteiger partial charge in [-0.05, 0) is 12.1 Å². The smallest absolute Gasteiger partial charge is 0.255 e. The van der Waals surface area contributed by atoms with Crippen molar-refractivity contribution in [1.29, 1.82) is 0 Å². The van der Waals surface area contributed by atoms with Gasteiger partial charge in [0.25, 0.3) is 5.91 Å². The molecule has 0 spiro atoms. The zero-order valence-corrected chi connectivity index (χ0v) is 10.8. The normalized spacial score (nSPS) is 12.0. The molecule has 3 rings (SSSR count). The molecule has 1 atom stereocenters. The second-order valence-corrected chi connectivity index (χ2v) is 4.20. The topological polar surface area (TPSA) is 120 Å². The maximum Gasteiger partial charge on any atom is 0.255 e. The second-order valence-electron chi connectivity index (χ2n) is 4.20. The van der Waals surface area contributed by atoms with Crippen LogP contribution in [0.4, 0.5) is 5.82 Å². The van der Waals surface area contributed by atoms with Gasteiger partial charge in [-0.1, -0.05) is 5.16 Å². The van der Waals surface area contributed by atoms with E-state index in [0.29, 0.717) is 17.1 Å². The van der Waals surface area contributed by atoms with E-state index in [0.717, 1.165) is 0 Å². The van der Waals surface area contributed by atoms with Crippen LogP contribution < -0.4 is 11.1 Å². The van der Waals surface area contributed by atoms with Crippen LogP contribution in [-0.2, 0) is 0 Å². The summed E-state index contributed by atoms with van der Waals surface area (Å²) in [5, 5.41) is 6.38. The van der Waals surface area contributed by atoms with Crippen LogP contribution in [0.2, 0.25) is 0 Å². The molecule has 1 unspecified atom stereocenters. The molecule has 0 saturated heterocycles. The predicted molar refractivity (Wildman–Crippen MR) is 71.0 cm³/mol. The van der Waals surface area contributed by atoms with Crippen LogP contribution in [0.1, 0.15) is 27.9 Å². The molecule has 0 radical (unpaired) electrons. The highest BCUT2D eigenvalue weighted by atomic mass is 16.5. The van der Waals surface area contributed by atoms with E-state index in [1.54, 1.807) is 12.1 Å². The third kappa shape index (κ3) is 2.73. The minimum atomic E-state index is -0.641. The Balaban J connectivity index is 1.88. The number of nitrogens with two attached hydrogens (primary N) is 1. The lowest BCUT2D eigenvalue weighted by Crippen LogP contribution is -2.29. The van der Waals surface area contributed by atoms with Crippen LogP contribution in [0, 0.1) is 0 Å². The van der Waals surface area contributed by atoms with E-state index in [2.05, 4.69) is 20.4 Å². The first-order chi connectivity index (χ1) is 10.2. The maximum absolute atomic E-state index is 12.2. The van der Waals surface area contributed by atoms with E-state index in [9.17, 15) is 4.79 Å². The summed E-state index contributed by atoms with van der Waals surface area (Å²) in [7, 11) is 0. The lowest BCUT2D eigenvalue weighted by Gasteiger charge is -2.13. The molecule has 8 heteroatoms. The number of nitrogen functional groups attached to an aromatic ring is 1. The third-order valence-corrected chi connectivity index (χ3v) is 2.76. The Labute approximate surface area is 119 Å². The maximum atomic E-state index is 12.2. The van der Waals surface area contributed by atoms with Crippen LogP contribution in [0.25, 0.3) is 0 Å². The summed E-state index contributed by atoms with van der Waals surface area (Å²) in [6.45, 7) is 0. The number of rotatable bonds is 4. The van der Waals surface area contributed by atoms with E-state index in [4.69, 9.17) is 14.7 Å². The van der Waals surface area contributed by atoms with Gasteiger partial charge in [-0.25, -0.2) is 9.97 Å². The zero-order chi connectivity index (χ0) is 14.7.